The van der Waals surface area contributed by atoms with Crippen LogP contribution in [0.2, 0.25) is 5.02 Å². The van der Waals surface area contributed by atoms with Crippen LogP contribution in [0.15, 0.2) is 23.0 Å². The molecule has 10 nitrogen and oxygen atoms in total. The molecule has 1 saturated heterocycles. The molecule has 36 heavy (non-hydrogen) atoms. The molecule has 0 bridgehead atoms. The lowest BCUT2D eigenvalue weighted by Crippen LogP contribution is -2.42. The van der Waals surface area contributed by atoms with Gasteiger partial charge < -0.3 is 20.5 Å². The van der Waals surface area contributed by atoms with Gasteiger partial charge in [0.25, 0.3) is 5.91 Å². The van der Waals surface area contributed by atoms with Crippen molar-refractivity contribution in [3.05, 3.63) is 45.1 Å². The van der Waals surface area contributed by atoms with Crippen LogP contribution in [0.5, 0.6) is 0 Å². The summed E-state index contributed by atoms with van der Waals surface area (Å²) in [6, 6.07) is 4.66. The van der Waals surface area contributed by atoms with Crippen molar-refractivity contribution >= 4 is 23.4 Å². The molecule has 0 unspecified atom stereocenters. The van der Waals surface area contributed by atoms with Gasteiger partial charge in [-0.15, -0.1) is 0 Å². The largest absolute Gasteiger partial charge is 0.388 e. The van der Waals surface area contributed by atoms with Crippen molar-refractivity contribution in [3.8, 4) is 5.69 Å². The zero-order valence-electron chi connectivity index (χ0n) is 20.6. The van der Waals surface area contributed by atoms with Crippen LogP contribution in [0.4, 0.5) is 0 Å². The summed E-state index contributed by atoms with van der Waals surface area (Å²) in [5, 5.41) is 21.1. The molecule has 1 aromatic heterocycles. The number of benzene rings is 1. The number of aromatic nitrogens is 3. The zero-order valence-corrected chi connectivity index (χ0v) is 21.4. The highest BCUT2D eigenvalue weighted by molar-refractivity contribution is 6.33. The maximum absolute atomic E-state index is 13.1. The third-order valence-electron chi connectivity index (χ3n) is 6.99. The molecule has 11 heteroatoms. The second kappa shape index (κ2) is 11.6. The smallest absolute Gasteiger partial charge is 0.351 e. The number of aliphatic hydroxyl groups is 1. The van der Waals surface area contributed by atoms with Crippen LogP contribution in [-0.4, -0.2) is 62.7 Å². The Balaban J connectivity index is 1.47. The van der Waals surface area contributed by atoms with E-state index in [0.717, 1.165) is 43.2 Å². The van der Waals surface area contributed by atoms with Gasteiger partial charge in [-0.1, -0.05) is 37.3 Å². The van der Waals surface area contributed by atoms with Gasteiger partial charge >= 0.3 is 5.69 Å². The van der Waals surface area contributed by atoms with Gasteiger partial charge in [0.05, 0.1) is 21.9 Å². The summed E-state index contributed by atoms with van der Waals surface area (Å²) >= 11 is 6.30. The van der Waals surface area contributed by atoms with Crippen molar-refractivity contribution in [2.24, 2.45) is 0 Å². The van der Waals surface area contributed by atoms with E-state index >= 15 is 0 Å². The SMILES string of the molecule is Cc1nn(-c2ccc(Cl)c(C(=O)NCC3(O)CCCCCC3)c2)c(=O)n1CC(=O)NC1CCOCC1. The first kappa shape index (κ1) is 26.4. The van der Waals surface area contributed by atoms with Crippen LogP contribution in [0.1, 0.15) is 67.5 Å². The summed E-state index contributed by atoms with van der Waals surface area (Å²) in [6.07, 6.45) is 6.81. The number of nitrogens with zero attached hydrogens (tertiary/aromatic N) is 3. The molecule has 1 aromatic carbocycles. The summed E-state index contributed by atoms with van der Waals surface area (Å²) in [6.45, 7) is 2.85. The lowest BCUT2D eigenvalue weighted by molar-refractivity contribution is -0.123. The predicted molar refractivity (Wildman–Crippen MR) is 135 cm³/mol. The molecule has 196 valence electrons. The van der Waals surface area contributed by atoms with Crippen molar-refractivity contribution < 1.29 is 19.4 Å². The molecule has 1 saturated carbocycles. The van der Waals surface area contributed by atoms with Crippen molar-refractivity contribution in [2.75, 3.05) is 19.8 Å². The molecular formula is C25H34ClN5O5. The van der Waals surface area contributed by atoms with Gasteiger partial charge in [0.15, 0.2) is 0 Å². The number of hydrogen-bond donors (Lipinski definition) is 3. The lowest BCUT2D eigenvalue weighted by Gasteiger charge is -2.26. The van der Waals surface area contributed by atoms with E-state index in [4.69, 9.17) is 16.3 Å². The Morgan fingerprint density at radius 2 is 1.89 bits per heavy atom. The van der Waals surface area contributed by atoms with Gasteiger partial charge in [-0.2, -0.15) is 9.78 Å². The fourth-order valence-corrected chi connectivity index (χ4v) is 5.03. The minimum absolute atomic E-state index is 0.0330. The standard InChI is InChI=1S/C25H34ClN5O5/c1-17-29-31(24(34)30(17)15-22(32)28-18-8-12-36-13-9-18)19-6-7-21(26)20(14-19)23(33)27-16-25(35)10-4-2-3-5-11-25/h6-7,14,18,35H,2-5,8-13,15-16H2,1H3,(H,27,33)(H,28,32). The molecule has 0 atom stereocenters. The molecule has 3 N–H and O–H groups in total. The van der Waals surface area contributed by atoms with E-state index in [0.29, 0.717) is 37.6 Å². The molecule has 1 aliphatic carbocycles. The van der Waals surface area contributed by atoms with Crippen LogP contribution in [0, 0.1) is 6.92 Å². The van der Waals surface area contributed by atoms with Crippen LogP contribution < -0.4 is 16.3 Å². The summed E-state index contributed by atoms with van der Waals surface area (Å²) < 4.78 is 7.76. The minimum atomic E-state index is -0.922. The average Bonchev–Trinajstić information content (AvgIpc) is 3.00. The summed E-state index contributed by atoms with van der Waals surface area (Å²) in [4.78, 5) is 38.5. The van der Waals surface area contributed by atoms with Gasteiger partial charge in [0.2, 0.25) is 5.91 Å². The molecule has 2 heterocycles. The number of rotatable bonds is 7. The molecule has 0 spiro atoms. The first-order chi connectivity index (χ1) is 17.3. The highest BCUT2D eigenvalue weighted by atomic mass is 35.5. The maximum atomic E-state index is 13.1. The van der Waals surface area contributed by atoms with E-state index in [-0.39, 0.29) is 35.6 Å². The van der Waals surface area contributed by atoms with Crippen LogP contribution in [0.25, 0.3) is 5.69 Å². The van der Waals surface area contributed by atoms with Crippen molar-refractivity contribution in [3.63, 3.8) is 0 Å². The number of ether oxygens (including phenoxy) is 1. The van der Waals surface area contributed by atoms with Crippen molar-refractivity contribution in [1.82, 2.24) is 25.0 Å². The van der Waals surface area contributed by atoms with Crippen molar-refractivity contribution in [2.45, 2.75) is 76.5 Å². The first-order valence-electron chi connectivity index (χ1n) is 12.6. The number of nitrogens with one attached hydrogen (secondary N) is 2. The minimum Gasteiger partial charge on any atom is -0.388 e. The maximum Gasteiger partial charge on any atom is 0.351 e. The normalized spacial score (nSPS) is 18.4. The first-order valence-corrected chi connectivity index (χ1v) is 13.0. The molecular weight excluding hydrogens is 486 g/mol. The van der Waals surface area contributed by atoms with E-state index in [1.807, 2.05) is 0 Å². The number of halogens is 1. The Bertz CT molecular complexity index is 1150. The molecule has 0 radical (unpaired) electrons. The number of carbonyl (C=O) groups excluding carboxylic acids is 2. The summed E-state index contributed by atoms with van der Waals surface area (Å²) in [5.74, 6) is -0.322. The topological polar surface area (TPSA) is 127 Å². The van der Waals surface area contributed by atoms with Gasteiger partial charge in [-0.25, -0.2) is 4.79 Å². The van der Waals surface area contributed by atoms with Gasteiger partial charge in [0, 0.05) is 25.8 Å². The number of carbonyl (C=O) groups is 2. The molecule has 4 rings (SSSR count). The Labute approximate surface area is 215 Å². The van der Waals surface area contributed by atoms with Crippen LogP contribution in [0.3, 0.4) is 0 Å². The predicted octanol–water partition coefficient (Wildman–Crippen LogP) is 2.11. The molecule has 2 amide bonds. The molecule has 1 aliphatic heterocycles. The third kappa shape index (κ3) is 6.35. The Kier molecular flexibility index (Phi) is 8.48. The second-order valence-electron chi connectivity index (χ2n) is 9.77. The summed E-state index contributed by atoms with van der Waals surface area (Å²) in [7, 11) is 0. The molecule has 2 fully saturated rings. The van der Waals surface area contributed by atoms with E-state index < -0.39 is 17.2 Å². The fourth-order valence-electron chi connectivity index (χ4n) is 4.83. The highest BCUT2D eigenvalue weighted by Gasteiger charge is 2.29. The Morgan fingerprint density at radius 1 is 1.19 bits per heavy atom. The Morgan fingerprint density at radius 3 is 2.58 bits per heavy atom. The lowest BCUT2D eigenvalue weighted by atomic mass is 9.94. The van der Waals surface area contributed by atoms with E-state index in [9.17, 15) is 19.5 Å². The molecule has 2 aliphatic rings. The highest BCUT2D eigenvalue weighted by Crippen LogP contribution is 2.27. The summed E-state index contributed by atoms with van der Waals surface area (Å²) in [5.41, 5.74) is -0.873. The van der Waals surface area contributed by atoms with E-state index in [2.05, 4.69) is 15.7 Å². The van der Waals surface area contributed by atoms with Crippen molar-refractivity contribution in [1.29, 1.82) is 0 Å². The van der Waals surface area contributed by atoms with Gasteiger partial charge in [-0.05, 0) is 50.8 Å². The van der Waals surface area contributed by atoms with Gasteiger partial charge in [-0.3, -0.25) is 14.2 Å². The monoisotopic (exact) mass is 519 g/mol. The fraction of sp³-hybridized carbons (Fsp3) is 0.600. The quantitative estimate of drug-likeness (QED) is 0.481. The van der Waals surface area contributed by atoms with Crippen LogP contribution >= 0.6 is 11.6 Å². The van der Waals surface area contributed by atoms with Crippen LogP contribution in [-0.2, 0) is 16.1 Å². The number of amides is 2. The second-order valence-corrected chi connectivity index (χ2v) is 10.2. The number of aryl methyl sites for hydroxylation is 1. The Hall–Kier alpha value is -2.69. The van der Waals surface area contributed by atoms with E-state index in [1.54, 1.807) is 13.0 Å². The van der Waals surface area contributed by atoms with E-state index in [1.165, 1.54) is 16.7 Å². The number of hydrogen-bond acceptors (Lipinski definition) is 6. The molecule has 2 aromatic rings. The third-order valence-corrected chi connectivity index (χ3v) is 7.32. The average molecular weight is 520 g/mol. The zero-order chi connectivity index (χ0) is 25.7. The van der Waals surface area contributed by atoms with Gasteiger partial charge in [0.1, 0.15) is 12.4 Å².